The summed E-state index contributed by atoms with van der Waals surface area (Å²) >= 11 is 0. The van der Waals surface area contributed by atoms with Crippen LogP contribution in [0.25, 0.3) is 0 Å². The van der Waals surface area contributed by atoms with Gasteiger partial charge in [0, 0.05) is 19.1 Å². The first-order valence-corrected chi connectivity index (χ1v) is 7.59. The van der Waals surface area contributed by atoms with Crippen molar-refractivity contribution in [1.82, 2.24) is 4.90 Å². The number of anilines is 1. The fourth-order valence-electron chi connectivity index (χ4n) is 3.02. The van der Waals surface area contributed by atoms with E-state index in [1.165, 1.54) is 0 Å². The summed E-state index contributed by atoms with van der Waals surface area (Å²) in [6.45, 7) is 5.75. The Morgan fingerprint density at radius 1 is 1.35 bits per heavy atom. The molecular formula is C16H26FN3. The van der Waals surface area contributed by atoms with E-state index in [4.69, 9.17) is 5.73 Å². The number of rotatable bonds is 4. The molecule has 3 nitrogen and oxygen atoms in total. The lowest BCUT2D eigenvalue weighted by Crippen LogP contribution is -2.40. The zero-order valence-corrected chi connectivity index (χ0v) is 12.6. The summed E-state index contributed by atoms with van der Waals surface area (Å²) in [5.74, 6) is -0.112. The number of nitrogens with zero attached hydrogens (tertiary/aromatic N) is 2. The van der Waals surface area contributed by atoms with Gasteiger partial charge in [-0.2, -0.15) is 0 Å². The number of hydrogen-bond donors (Lipinski definition) is 1. The van der Waals surface area contributed by atoms with E-state index in [-0.39, 0.29) is 5.82 Å². The van der Waals surface area contributed by atoms with Crippen molar-refractivity contribution in [2.75, 3.05) is 38.1 Å². The van der Waals surface area contributed by atoms with Crippen LogP contribution in [-0.2, 0) is 6.42 Å². The van der Waals surface area contributed by atoms with Gasteiger partial charge in [-0.25, -0.2) is 4.39 Å². The van der Waals surface area contributed by atoms with Crippen molar-refractivity contribution < 1.29 is 4.39 Å². The number of hydrogen-bond acceptors (Lipinski definition) is 3. The Bertz CT molecular complexity index is 436. The Hall–Kier alpha value is -1.13. The molecule has 1 aliphatic heterocycles. The van der Waals surface area contributed by atoms with Crippen molar-refractivity contribution in [3.8, 4) is 0 Å². The van der Waals surface area contributed by atoms with Crippen molar-refractivity contribution >= 4 is 5.69 Å². The van der Waals surface area contributed by atoms with Gasteiger partial charge in [0.2, 0.25) is 0 Å². The van der Waals surface area contributed by atoms with Crippen LogP contribution in [0.3, 0.4) is 0 Å². The number of likely N-dealkylation sites (N-methyl/N-ethyl adjacent to an activating group) is 1. The Labute approximate surface area is 121 Å². The van der Waals surface area contributed by atoms with Gasteiger partial charge in [-0.3, -0.25) is 0 Å². The predicted octanol–water partition coefficient (Wildman–Crippen LogP) is 2.25. The first-order valence-electron chi connectivity index (χ1n) is 7.59. The second-order valence-corrected chi connectivity index (χ2v) is 5.70. The average molecular weight is 279 g/mol. The largest absolute Gasteiger partial charge is 0.365 e. The van der Waals surface area contributed by atoms with Gasteiger partial charge in [0.1, 0.15) is 5.82 Å². The van der Waals surface area contributed by atoms with Crippen molar-refractivity contribution in [1.29, 1.82) is 0 Å². The molecule has 0 radical (unpaired) electrons. The average Bonchev–Trinajstić information content (AvgIpc) is 2.61. The molecule has 1 heterocycles. The molecule has 1 atom stereocenters. The van der Waals surface area contributed by atoms with E-state index in [1.54, 1.807) is 6.07 Å². The summed E-state index contributed by atoms with van der Waals surface area (Å²) in [7, 11) is 2.15. The highest BCUT2D eigenvalue weighted by Crippen LogP contribution is 2.26. The Morgan fingerprint density at radius 2 is 2.15 bits per heavy atom. The second-order valence-electron chi connectivity index (χ2n) is 5.70. The molecule has 0 amide bonds. The Balaban J connectivity index is 2.23. The first kappa shape index (κ1) is 15.3. The molecule has 20 heavy (non-hydrogen) atoms. The molecule has 1 unspecified atom stereocenters. The standard InChI is InChI=1S/C16H26FN3/c1-3-14-12-19(2)9-4-10-20(14)16-6-5-13(7-8-18)11-15(16)17/h5-6,11,14H,3-4,7-10,12,18H2,1-2H3. The minimum Gasteiger partial charge on any atom is -0.365 e. The molecule has 1 aromatic rings. The van der Waals surface area contributed by atoms with Crippen molar-refractivity contribution in [2.45, 2.75) is 32.2 Å². The molecule has 1 fully saturated rings. The molecule has 0 aromatic heterocycles. The molecule has 1 aromatic carbocycles. The topological polar surface area (TPSA) is 32.5 Å². The SMILES string of the molecule is CCC1CN(C)CCCN1c1ccc(CCN)cc1F. The Morgan fingerprint density at radius 3 is 2.80 bits per heavy atom. The molecule has 2 rings (SSSR count). The van der Waals surface area contributed by atoms with Crippen LogP contribution >= 0.6 is 0 Å². The van der Waals surface area contributed by atoms with E-state index >= 15 is 0 Å². The maximum atomic E-state index is 14.4. The van der Waals surface area contributed by atoms with Crippen LogP contribution in [0, 0.1) is 5.82 Å². The third kappa shape index (κ3) is 3.49. The maximum Gasteiger partial charge on any atom is 0.146 e. The van der Waals surface area contributed by atoms with Crippen LogP contribution in [-0.4, -0.2) is 44.2 Å². The summed E-state index contributed by atoms with van der Waals surface area (Å²) in [6, 6.07) is 5.96. The fraction of sp³-hybridized carbons (Fsp3) is 0.625. The lowest BCUT2D eigenvalue weighted by molar-refractivity contribution is 0.327. The number of nitrogens with two attached hydrogens (primary N) is 1. The van der Waals surface area contributed by atoms with Crippen molar-refractivity contribution in [3.05, 3.63) is 29.6 Å². The molecule has 1 aliphatic rings. The zero-order chi connectivity index (χ0) is 14.5. The van der Waals surface area contributed by atoms with Gasteiger partial charge in [-0.1, -0.05) is 13.0 Å². The first-order chi connectivity index (χ1) is 9.65. The Kier molecular flexibility index (Phi) is 5.38. The van der Waals surface area contributed by atoms with Crippen LogP contribution in [0.4, 0.5) is 10.1 Å². The summed E-state index contributed by atoms with van der Waals surface area (Å²) in [4.78, 5) is 4.58. The van der Waals surface area contributed by atoms with Gasteiger partial charge in [0.25, 0.3) is 0 Å². The van der Waals surface area contributed by atoms with E-state index in [0.29, 0.717) is 12.6 Å². The van der Waals surface area contributed by atoms with Crippen molar-refractivity contribution in [2.24, 2.45) is 5.73 Å². The molecule has 0 bridgehead atoms. The van der Waals surface area contributed by atoms with Gasteiger partial charge in [-0.05, 0) is 57.1 Å². The normalized spacial score (nSPS) is 21.0. The van der Waals surface area contributed by atoms with Gasteiger partial charge in [0.15, 0.2) is 0 Å². The lowest BCUT2D eigenvalue weighted by atomic mass is 10.1. The minimum absolute atomic E-state index is 0.112. The van der Waals surface area contributed by atoms with Gasteiger partial charge in [0.05, 0.1) is 5.69 Å². The summed E-state index contributed by atoms with van der Waals surface area (Å²) in [5.41, 5.74) is 7.26. The zero-order valence-electron chi connectivity index (χ0n) is 12.6. The molecule has 1 saturated heterocycles. The predicted molar refractivity (Wildman–Crippen MR) is 82.7 cm³/mol. The molecule has 2 N–H and O–H groups in total. The van der Waals surface area contributed by atoms with E-state index in [1.807, 2.05) is 12.1 Å². The maximum absolute atomic E-state index is 14.4. The third-order valence-electron chi connectivity index (χ3n) is 4.13. The van der Waals surface area contributed by atoms with Gasteiger partial charge in [-0.15, -0.1) is 0 Å². The summed E-state index contributed by atoms with van der Waals surface area (Å²) in [5, 5.41) is 0. The molecule has 0 aliphatic carbocycles. The van der Waals surface area contributed by atoms with E-state index in [2.05, 4.69) is 23.8 Å². The van der Waals surface area contributed by atoms with Crippen LogP contribution in [0.15, 0.2) is 18.2 Å². The van der Waals surface area contributed by atoms with Crippen LogP contribution in [0.5, 0.6) is 0 Å². The fourth-order valence-corrected chi connectivity index (χ4v) is 3.02. The molecule has 112 valence electrons. The van der Waals surface area contributed by atoms with Crippen LogP contribution in [0.2, 0.25) is 0 Å². The van der Waals surface area contributed by atoms with Crippen molar-refractivity contribution in [3.63, 3.8) is 0 Å². The van der Waals surface area contributed by atoms with Crippen LogP contribution < -0.4 is 10.6 Å². The monoisotopic (exact) mass is 279 g/mol. The van der Waals surface area contributed by atoms with E-state index in [9.17, 15) is 4.39 Å². The molecule has 4 heteroatoms. The minimum atomic E-state index is -0.112. The van der Waals surface area contributed by atoms with E-state index in [0.717, 1.165) is 50.1 Å². The highest BCUT2D eigenvalue weighted by atomic mass is 19.1. The van der Waals surface area contributed by atoms with Gasteiger partial charge < -0.3 is 15.5 Å². The molecule has 0 spiro atoms. The van der Waals surface area contributed by atoms with Gasteiger partial charge >= 0.3 is 0 Å². The smallest absolute Gasteiger partial charge is 0.146 e. The third-order valence-corrected chi connectivity index (χ3v) is 4.13. The number of benzene rings is 1. The van der Waals surface area contributed by atoms with Crippen LogP contribution in [0.1, 0.15) is 25.3 Å². The quantitative estimate of drug-likeness (QED) is 0.917. The second kappa shape index (κ2) is 7.04. The lowest BCUT2D eigenvalue weighted by Gasteiger charge is -2.32. The highest BCUT2D eigenvalue weighted by Gasteiger charge is 2.24. The summed E-state index contributed by atoms with van der Waals surface area (Å²) in [6.07, 6.45) is 2.85. The highest BCUT2D eigenvalue weighted by molar-refractivity contribution is 5.50. The van der Waals surface area contributed by atoms with E-state index < -0.39 is 0 Å². The molecule has 0 saturated carbocycles. The number of halogens is 1. The molecular weight excluding hydrogens is 253 g/mol. The summed E-state index contributed by atoms with van der Waals surface area (Å²) < 4.78 is 14.4.